The van der Waals surface area contributed by atoms with Gasteiger partial charge in [-0.15, -0.1) is 6.58 Å². The molecule has 0 amide bonds. The second-order valence-corrected chi connectivity index (χ2v) is 4.63. The van der Waals surface area contributed by atoms with Crippen molar-refractivity contribution in [2.24, 2.45) is 5.73 Å². The first-order chi connectivity index (χ1) is 7.54. The first-order valence-corrected chi connectivity index (χ1v) is 5.59. The molecule has 2 heteroatoms. The Kier molecular flexibility index (Phi) is 4.71. The highest BCUT2D eigenvalue weighted by Crippen LogP contribution is 2.16. The Hall–Kier alpha value is -1.12. The lowest BCUT2D eigenvalue weighted by molar-refractivity contribution is 0.00105. The number of hydrogen-bond acceptors (Lipinski definition) is 2. The average Bonchev–Trinajstić information content (AvgIpc) is 2.24. The third-order valence-electron chi connectivity index (χ3n) is 2.50. The molecule has 2 N–H and O–H groups in total. The van der Waals surface area contributed by atoms with Gasteiger partial charge in [0.05, 0.1) is 12.7 Å². The van der Waals surface area contributed by atoms with Crippen LogP contribution in [0.25, 0.3) is 0 Å². The quantitative estimate of drug-likeness (QED) is 0.747. The fourth-order valence-electron chi connectivity index (χ4n) is 1.51. The van der Waals surface area contributed by atoms with Crippen molar-refractivity contribution in [2.45, 2.75) is 38.5 Å². The largest absolute Gasteiger partial charge is 0.371 e. The van der Waals surface area contributed by atoms with Gasteiger partial charge >= 0.3 is 0 Å². The summed E-state index contributed by atoms with van der Waals surface area (Å²) < 4.78 is 5.84. The molecule has 2 nitrogen and oxygen atoms in total. The fraction of sp³-hybridized carbons (Fsp3) is 0.429. The summed E-state index contributed by atoms with van der Waals surface area (Å²) in [6.45, 7) is 8.29. The lowest BCUT2D eigenvalue weighted by Crippen LogP contribution is -2.46. The Labute approximate surface area is 98.1 Å². The molecule has 16 heavy (non-hydrogen) atoms. The van der Waals surface area contributed by atoms with Gasteiger partial charge in [0, 0.05) is 5.54 Å². The van der Waals surface area contributed by atoms with Crippen molar-refractivity contribution in [3.63, 3.8) is 0 Å². The predicted octanol–water partition coefficient (Wildman–Crippen LogP) is 2.89. The maximum absolute atomic E-state index is 6.06. The smallest absolute Gasteiger partial charge is 0.0787 e. The molecular formula is C14H21NO. The summed E-state index contributed by atoms with van der Waals surface area (Å²) in [5.74, 6) is 0. The molecule has 1 rings (SSSR count). The van der Waals surface area contributed by atoms with Gasteiger partial charge in [-0.05, 0) is 25.8 Å². The van der Waals surface area contributed by atoms with Crippen LogP contribution in [-0.4, -0.2) is 11.6 Å². The summed E-state index contributed by atoms with van der Waals surface area (Å²) in [6, 6.07) is 10.1. The molecule has 1 atom stereocenters. The first-order valence-electron chi connectivity index (χ1n) is 5.59. The van der Waals surface area contributed by atoms with E-state index in [1.807, 2.05) is 38.1 Å². The van der Waals surface area contributed by atoms with E-state index in [9.17, 15) is 0 Å². The molecule has 0 fully saturated rings. The van der Waals surface area contributed by atoms with E-state index in [4.69, 9.17) is 10.5 Å². The second kappa shape index (κ2) is 5.83. The van der Waals surface area contributed by atoms with Gasteiger partial charge in [0.15, 0.2) is 0 Å². The molecule has 0 heterocycles. The Bertz CT molecular complexity index is 313. The van der Waals surface area contributed by atoms with Crippen molar-refractivity contribution in [2.75, 3.05) is 0 Å². The molecule has 0 radical (unpaired) electrons. The van der Waals surface area contributed by atoms with Crippen LogP contribution in [-0.2, 0) is 11.3 Å². The van der Waals surface area contributed by atoms with Crippen LogP contribution in [0.5, 0.6) is 0 Å². The van der Waals surface area contributed by atoms with Gasteiger partial charge in [-0.1, -0.05) is 36.4 Å². The second-order valence-electron chi connectivity index (χ2n) is 4.63. The van der Waals surface area contributed by atoms with E-state index in [0.29, 0.717) is 6.61 Å². The van der Waals surface area contributed by atoms with Gasteiger partial charge in [-0.3, -0.25) is 0 Å². The van der Waals surface area contributed by atoms with Crippen LogP contribution in [0.2, 0.25) is 0 Å². The van der Waals surface area contributed by atoms with Crippen molar-refractivity contribution in [1.82, 2.24) is 0 Å². The summed E-state index contributed by atoms with van der Waals surface area (Å²) >= 11 is 0. The van der Waals surface area contributed by atoms with Gasteiger partial charge in [0.25, 0.3) is 0 Å². The van der Waals surface area contributed by atoms with Crippen LogP contribution in [0.15, 0.2) is 43.0 Å². The van der Waals surface area contributed by atoms with Crippen LogP contribution in [0.4, 0.5) is 0 Å². The van der Waals surface area contributed by atoms with E-state index < -0.39 is 0 Å². The highest BCUT2D eigenvalue weighted by molar-refractivity contribution is 5.13. The van der Waals surface area contributed by atoms with Crippen LogP contribution in [0.1, 0.15) is 25.8 Å². The van der Waals surface area contributed by atoms with Crippen molar-refractivity contribution >= 4 is 0 Å². The van der Waals surface area contributed by atoms with Crippen LogP contribution >= 0.6 is 0 Å². The first kappa shape index (κ1) is 12.9. The standard InChI is InChI=1S/C14H21NO/c1-4-8-13(14(2,3)15)16-11-12-9-6-5-7-10-12/h4-7,9-10,13H,1,8,11,15H2,2-3H3. The molecule has 0 aliphatic heterocycles. The molecule has 1 unspecified atom stereocenters. The van der Waals surface area contributed by atoms with Gasteiger partial charge in [0.1, 0.15) is 0 Å². The average molecular weight is 219 g/mol. The minimum absolute atomic E-state index is 0.00482. The fourth-order valence-corrected chi connectivity index (χ4v) is 1.51. The van der Waals surface area contributed by atoms with Crippen LogP contribution in [0, 0.1) is 0 Å². The highest BCUT2D eigenvalue weighted by atomic mass is 16.5. The zero-order valence-corrected chi connectivity index (χ0v) is 10.1. The third kappa shape index (κ3) is 4.17. The maximum atomic E-state index is 6.06. The lowest BCUT2D eigenvalue weighted by Gasteiger charge is -2.29. The summed E-state index contributed by atoms with van der Waals surface area (Å²) in [5, 5.41) is 0. The predicted molar refractivity (Wildman–Crippen MR) is 68.1 cm³/mol. The molecule has 1 aromatic carbocycles. The topological polar surface area (TPSA) is 35.2 Å². The zero-order chi connectivity index (χ0) is 12.0. The minimum Gasteiger partial charge on any atom is -0.371 e. The van der Waals surface area contributed by atoms with Crippen molar-refractivity contribution in [3.05, 3.63) is 48.6 Å². The van der Waals surface area contributed by atoms with Crippen LogP contribution < -0.4 is 5.73 Å². The van der Waals surface area contributed by atoms with Crippen molar-refractivity contribution in [3.8, 4) is 0 Å². The molecule has 0 aliphatic rings. The Morgan fingerprint density at radius 1 is 1.38 bits per heavy atom. The maximum Gasteiger partial charge on any atom is 0.0787 e. The van der Waals surface area contributed by atoms with E-state index in [-0.39, 0.29) is 11.6 Å². The van der Waals surface area contributed by atoms with Gasteiger partial charge in [-0.25, -0.2) is 0 Å². The number of rotatable bonds is 6. The van der Waals surface area contributed by atoms with E-state index in [1.165, 1.54) is 5.56 Å². The molecule has 1 aromatic rings. The SMILES string of the molecule is C=CCC(OCc1ccccc1)C(C)(C)N. The lowest BCUT2D eigenvalue weighted by atomic mass is 9.96. The Morgan fingerprint density at radius 3 is 2.50 bits per heavy atom. The number of nitrogens with two attached hydrogens (primary N) is 1. The van der Waals surface area contributed by atoms with E-state index in [2.05, 4.69) is 18.7 Å². The zero-order valence-electron chi connectivity index (χ0n) is 10.1. The molecule has 0 saturated carbocycles. The summed E-state index contributed by atoms with van der Waals surface area (Å²) in [6.07, 6.45) is 2.63. The van der Waals surface area contributed by atoms with Crippen molar-refractivity contribution < 1.29 is 4.74 Å². The Balaban J connectivity index is 2.54. The molecule has 0 aromatic heterocycles. The molecule has 0 bridgehead atoms. The van der Waals surface area contributed by atoms with Crippen molar-refractivity contribution in [1.29, 1.82) is 0 Å². The molecule has 0 saturated heterocycles. The minimum atomic E-state index is -0.344. The van der Waals surface area contributed by atoms with Crippen LogP contribution in [0.3, 0.4) is 0 Å². The Morgan fingerprint density at radius 2 is 2.00 bits per heavy atom. The molecule has 0 aliphatic carbocycles. The van der Waals surface area contributed by atoms with E-state index >= 15 is 0 Å². The number of hydrogen-bond donors (Lipinski definition) is 1. The van der Waals surface area contributed by atoms with Gasteiger partial charge in [-0.2, -0.15) is 0 Å². The number of benzene rings is 1. The van der Waals surface area contributed by atoms with E-state index in [1.54, 1.807) is 0 Å². The normalized spacial score (nSPS) is 13.4. The molecule has 88 valence electrons. The molecular weight excluding hydrogens is 198 g/mol. The molecule has 0 spiro atoms. The van der Waals surface area contributed by atoms with Gasteiger partial charge < -0.3 is 10.5 Å². The summed E-state index contributed by atoms with van der Waals surface area (Å²) in [5.41, 5.74) is 6.88. The number of ether oxygens (including phenoxy) is 1. The highest BCUT2D eigenvalue weighted by Gasteiger charge is 2.24. The van der Waals surface area contributed by atoms with Gasteiger partial charge in [0.2, 0.25) is 0 Å². The summed E-state index contributed by atoms with van der Waals surface area (Å²) in [7, 11) is 0. The third-order valence-corrected chi connectivity index (χ3v) is 2.50. The monoisotopic (exact) mass is 219 g/mol. The van der Waals surface area contributed by atoms with E-state index in [0.717, 1.165) is 6.42 Å². The summed E-state index contributed by atoms with van der Waals surface area (Å²) in [4.78, 5) is 0.